The van der Waals surface area contributed by atoms with Gasteiger partial charge in [0.05, 0.1) is 16.6 Å². The molecular weight excluding hydrogens is 345 g/mol. The lowest BCUT2D eigenvalue weighted by Crippen LogP contribution is -2.50. The first-order valence-corrected chi connectivity index (χ1v) is 8.70. The van der Waals surface area contributed by atoms with E-state index in [-0.39, 0.29) is 0 Å². The summed E-state index contributed by atoms with van der Waals surface area (Å²) in [5.41, 5.74) is 0.592. The van der Waals surface area contributed by atoms with Crippen molar-refractivity contribution in [3.63, 3.8) is 0 Å². The number of anilines is 1. The van der Waals surface area contributed by atoms with Gasteiger partial charge in [-0.25, -0.2) is 14.5 Å². The zero-order valence-electron chi connectivity index (χ0n) is 13.9. The average Bonchev–Trinajstić information content (AvgIpc) is 3.28. The Kier molecular flexibility index (Phi) is 3.37. The van der Waals surface area contributed by atoms with Gasteiger partial charge in [0.2, 0.25) is 0 Å². The normalized spacial score (nSPS) is 21.7. The van der Waals surface area contributed by atoms with Crippen LogP contribution < -0.4 is 4.90 Å². The number of fused-ring (bicyclic) bond motifs is 4. The molecule has 2 saturated heterocycles. The van der Waals surface area contributed by atoms with Gasteiger partial charge in [-0.1, -0.05) is 0 Å². The van der Waals surface area contributed by atoms with Crippen LogP contribution in [0, 0.1) is 0 Å². The van der Waals surface area contributed by atoms with Crippen molar-refractivity contribution in [2.75, 3.05) is 31.1 Å². The third-order valence-electron chi connectivity index (χ3n) is 5.39. The molecule has 0 N–H and O–H groups in total. The Labute approximate surface area is 147 Å². The highest BCUT2D eigenvalue weighted by Gasteiger charge is 2.33. The molecule has 136 valence electrons. The van der Waals surface area contributed by atoms with Crippen LogP contribution in [0.5, 0.6) is 0 Å². The number of halogens is 3. The lowest BCUT2D eigenvalue weighted by Gasteiger charge is -2.38. The van der Waals surface area contributed by atoms with Crippen LogP contribution in [0.15, 0.2) is 24.5 Å². The highest BCUT2D eigenvalue weighted by Crippen LogP contribution is 2.33. The van der Waals surface area contributed by atoms with E-state index in [4.69, 9.17) is 0 Å². The SMILES string of the molecule is FC(F)(F)c1ccc2nc(N3CCN4CCCC4C3)c3ncnn3c2c1. The maximum atomic E-state index is 13.1. The zero-order valence-corrected chi connectivity index (χ0v) is 13.9. The molecule has 4 heterocycles. The first-order valence-electron chi connectivity index (χ1n) is 8.70. The van der Waals surface area contributed by atoms with Crippen molar-refractivity contribution in [3.05, 3.63) is 30.1 Å². The van der Waals surface area contributed by atoms with E-state index in [9.17, 15) is 13.2 Å². The molecule has 2 aliphatic heterocycles. The molecule has 1 atom stereocenters. The minimum Gasteiger partial charge on any atom is -0.351 e. The van der Waals surface area contributed by atoms with Crippen LogP contribution in [0.1, 0.15) is 18.4 Å². The van der Waals surface area contributed by atoms with E-state index in [0.717, 1.165) is 38.3 Å². The number of alkyl halides is 3. The highest BCUT2D eigenvalue weighted by molar-refractivity contribution is 5.83. The molecule has 2 aliphatic rings. The van der Waals surface area contributed by atoms with E-state index in [1.165, 1.54) is 29.8 Å². The predicted molar refractivity (Wildman–Crippen MR) is 90.1 cm³/mol. The van der Waals surface area contributed by atoms with Gasteiger partial charge in [0.25, 0.3) is 0 Å². The molecule has 0 aliphatic carbocycles. The number of hydrogen-bond acceptors (Lipinski definition) is 5. The lowest BCUT2D eigenvalue weighted by molar-refractivity contribution is -0.137. The second-order valence-corrected chi connectivity index (χ2v) is 6.91. The fourth-order valence-corrected chi connectivity index (χ4v) is 4.09. The summed E-state index contributed by atoms with van der Waals surface area (Å²) in [5, 5.41) is 4.15. The van der Waals surface area contributed by atoms with Crippen molar-refractivity contribution in [1.82, 2.24) is 24.5 Å². The van der Waals surface area contributed by atoms with Crippen molar-refractivity contribution in [2.45, 2.75) is 25.1 Å². The second kappa shape index (κ2) is 5.54. The maximum Gasteiger partial charge on any atom is 0.416 e. The van der Waals surface area contributed by atoms with Crippen LogP contribution in [-0.2, 0) is 6.18 Å². The summed E-state index contributed by atoms with van der Waals surface area (Å²) in [6, 6.07) is 4.07. The summed E-state index contributed by atoms with van der Waals surface area (Å²) in [4.78, 5) is 13.6. The van der Waals surface area contributed by atoms with Crippen molar-refractivity contribution in [3.8, 4) is 0 Å². The molecule has 3 aromatic rings. The Bertz CT molecular complexity index is 982. The van der Waals surface area contributed by atoms with Crippen LogP contribution in [0.2, 0.25) is 0 Å². The van der Waals surface area contributed by atoms with Gasteiger partial charge in [-0.05, 0) is 37.6 Å². The van der Waals surface area contributed by atoms with Crippen molar-refractivity contribution < 1.29 is 13.2 Å². The van der Waals surface area contributed by atoms with E-state index >= 15 is 0 Å². The Morgan fingerprint density at radius 3 is 2.85 bits per heavy atom. The third-order valence-corrected chi connectivity index (χ3v) is 5.39. The summed E-state index contributed by atoms with van der Waals surface area (Å²) in [6.45, 7) is 3.81. The summed E-state index contributed by atoms with van der Waals surface area (Å²) in [7, 11) is 0. The smallest absolute Gasteiger partial charge is 0.351 e. The van der Waals surface area contributed by atoms with Gasteiger partial charge < -0.3 is 4.90 Å². The topological polar surface area (TPSA) is 49.6 Å². The largest absolute Gasteiger partial charge is 0.416 e. The molecule has 0 spiro atoms. The van der Waals surface area contributed by atoms with Crippen LogP contribution >= 0.6 is 0 Å². The molecule has 0 bridgehead atoms. The molecular formula is C17H17F3N6. The Morgan fingerprint density at radius 2 is 2.00 bits per heavy atom. The molecule has 0 radical (unpaired) electrons. The molecule has 5 rings (SSSR count). The molecule has 6 nitrogen and oxygen atoms in total. The monoisotopic (exact) mass is 362 g/mol. The van der Waals surface area contributed by atoms with E-state index in [0.29, 0.717) is 28.5 Å². The van der Waals surface area contributed by atoms with Crippen LogP contribution in [0.25, 0.3) is 16.7 Å². The van der Waals surface area contributed by atoms with Gasteiger partial charge in [-0.15, -0.1) is 0 Å². The standard InChI is InChI=1S/C17H17F3N6/c18-17(19,20)11-3-4-13-14(8-11)26-15(21-10-22-26)16(23-13)25-7-6-24-5-1-2-12(24)9-25/h3-4,8,10,12H,1-2,5-7,9H2. The first kappa shape index (κ1) is 15.8. The minimum atomic E-state index is -4.40. The summed E-state index contributed by atoms with van der Waals surface area (Å²) in [6.07, 6.45) is -0.656. The summed E-state index contributed by atoms with van der Waals surface area (Å²) < 4.78 is 40.6. The number of nitrogens with zero attached hydrogens (tertiary/aromatic N) is 6. The maximum absolute atomic E-state index is 13.1. The van der Waals surface area contributed by atoms with Crippen LogP contribution in [0.4, 0.5) is 19.0 Å². The van der Waals surface area contributed by atoms with Crippen molar-refractivity contribution in [1.29, 1.82) is 0 Å². The molecule has 2 aromatic heterocycles. The van der Waals surface area contributed by atoms with Crippen LogP contribution in [0.3, 0.4) is 0 Å². The van der Waals surface area contributed by atoms with E-state index in [1.54, 1.807) is 0 Å². The van der Waals surface area contributed by atoms with E-state index in [2.05, 4.69) is 24.9 Å². The fourth-order valence-electron chi connectivity index (χ4n) is 4.09. The molecule has 0 amide bonds. The third kappa shape index (κ3) is 2.41. The Balaban J connectivity index is 1.63. The second-order valence-electron chi connectivity index (χ2n) is 6.91. The predicted octanol–water partition coefficient (Wildman–Crippen LogP) is 2.58. The van der Waals surface area contributed by atoms with Gasteiger partial charge in [0, 0.05) is 25.7 Å². The zero-order chi connectivity index (χ0) is 17.9. The molecule has 0 saturated carbocycles. The van der Waals surface area contributed by atoms with Gasteiger partial charge in [0.1, 0.15) is 6.33 Å². The van der Waals surface area contributed by atoms with Gasteiger partial charge in [-0.3, -0.25) is 4.90 Å². The number of aromatic nitrogens is 4. The number of benzene rings is 1. The molecule has 9 heteroatoms. The van der Waals surface area contributed by atoms with Gasteiger partial charge >= 0.3 is 6.18 Å². The fraction of sp³-hybridized carbons (Fsp3) is 0.471. The van der Waals surface area contributed by atoms with Crippen LogP contribution in [-0.4, -0.2) is 56.7 Å². The average molecular weight is 362 g/mol. The Hall–Kier alpha value is -2.42. The van der Waals surface area contributed by atoms with Crippen molar-refractivity contribution >= 4 is 22.5 Å². The summed E-state index contributed by atoms with van der Waals surface area (Å²) >= 11 is 0. The highest BCUT2D eigenvalue weighted by atomic mass is 19.4. The van der Waals surface area contributed by atoms with Gasteiger partial charge in [0.15, 0.2) is 11.5 Å². The minimum absolute atomic E-state index is 0.315. The number of piperazine rings is 1. The summed E-state index contributed by atoms with van der Waals surface area (Å²) in [5.74, 6) is 0.696. The number of rotatable bonds is 1. The number of hydrogen-bond donors (Lipinski definition) is 0. The van der Waals surface area contributed by atoms with E-state index in [1.807, 2.05) is 0 Å². The molecule has 26 heavy (non-hydrogen) atoms. The lowest BCUT2D eigenvalue weighted by atomic mass is 10.1. The molecule has 1 unspecified atom stereocenters. The first-order chi connectivity index (χ1) is 12.5. The Morgan fingerprint density at radius 1 is 1.12 bits per heavy atom. The van der Waals surface area contributed by atoms with E-state index < -0.39 is 11.7 Å². The van der Waals surface area contributed by atoms with Crippen molar-refractivity contribution in [2.24, 2.45) is 0 Å². The molecule has 1 aromatic carbocycles. The quantitative estimate of drug-likeness (QED) is 0.666. The van der Waals surface area contributed by atoms with Gasteiger partial charge in [-0.2, -0.15) is 18.3 Å². The molecule has 2 fully saturated rings.